The third-order valence-electron chi connectivity index (χ3n) is 3.11. The number of amides is 1. The van der Waals surface area contributed by atoms with Gasteiger partial charge in [-0.3, -0.25) is 9.59 Å². The topological polar surface area (TPSA) is 111 Å². The minimum atomic E-state index is -3.90. The Morgan fingerprint density at radius 3 is 2.24 bits per heavy atom. The third kappa shape index (κ3) is 7.10. The van der Waals surface area contributed by atoms with Crippen LogP contribution in [0.2, 0.25) is 0 Å². The van der Waals surface area contributed by atoms with Gasteiger partial charge in [0.05, 0.1) is 12.0 Å². The SMILES string of the molecule is COc1ccc(S(=O)(=O)N[C@@H](C)C(=O)OCC(=O)NCC(C)C)cc1. The zero-order valence-electron chi connectivity index (χ0n) is 14.7. The predicted octanol–water partition coefficient (Wildman–Crippen LogP) is 0.677. The molecule has 0 saturated heterocycles. The summed E-state index contributed by atoms with van der Waals surface area (Å²) in [7, 11) is -2.43. The second-order valence-electron chi connectivity index (χ2n) is 5.82. The lowest BCUT2D eigenvalue weighted by atomic mass is 10.2. The molecule has 0 fully saturated rings. The first-order valence-corrected chi connectivity index (χ1v) is 9.23. The molecule has 2 N–H and O–H groups in total. The lowest BCUT2D eigenvalue weighted by molar-refractivity contribution is -0.149. The van der Waals surface area contributed by atoms with E-state index in [0.29, 0.717) is 12.3 Å². The van der Waals surface area contributed by atoms with E-state index in [-0.39, 0.29) is 10.8 Å². The number of carbonyl (C=O) groups is 2. The first-order chi connectivity index (χ1) is 11.7. The molecular formula is C16H24N2O6S. The zero-order valence-corrected chi connectivity index (χ0v) is 15.6. The number of ether oxygens (including phenoxy) is 2. The molecule has 0 unspecified atom stereocenters. The Morgan fingerprint density at radius 2 is 1.72 bits per heavy atom. The van der Waals surface area contributed by atoms with Gasteiger partial charge in [-0.2, -0.15) is 4.72 Å². The standard InChI is InChI=1S/C16H24N2O6S/c1-11(2)9-17-15(19)10-24-16(20)12(3)18-25(21,22)14-7-5-13(23-4)6-8-14/h5-8,11-12,18H,9-10H2,1-4H3,(H,17,19)/t12-/m0/s1. The Kier molecular flexibility index (Phi) is 7.85. The largest absolute Gasteiger partial charge is 0.497 e. The number of esters is 1. The van der Waals surface area contributed by atoms with Crippen molar-refractivity contribution in [3.05, 3.63) is 24.3 Å². The average molecular weight is 372 g/mol. The maximum absolute atomic E-state index is 12.2. The number of carbonyl (C=O) groups excluding carboxylic acids is 2. The number of hydrogen-bond donors (Lipinski definition) is 2. The number of sulfonamides is 1. The Labute approximate surface area is 147 Å². The highest BCUT2D eigenvalue weighted by molar-refractivity contribution is 7.89. The number of hydrogen-bond acceptors (Lipinski definition) is 6. The van der Waals surface area contributed by atoms with Gasteiger partial charge in [0, 0.05) is 6.54 Å². The van der Waals surface area contributed by atoms with Crippen molar-refractivity contribution in [2.75, 3.05) is 20.3 Å². The van der Waals surface area contributed by atoms with E-state index >= 15 is 0 Å². The van der Waals surface area contributed by atoms with Crippen molar-refractivity contribution in [3.8, 4) is 5.75 Å². The number of rotatable bonds is 9. The van der Waals surface area contributed by atoms with Crippen molar-refractivity contribution in [2.45, 2.75) is 31.7 Å². The van der Waals surface area contributed by atoms with Gasteiger partial charge in [-0.1, -0.05) is 13.8 Å². The maximum atomic E-state index is 12.2. The molecule has 8 nitrogen and oxygen atoms in total. The summed E-state index contributed by atoms with van der Waals surface area (Å²) in [5.74, 6) is -0.488. The molecule has 0 bridgehead atoms. The second kappa shape index (κ2) is 9.38. The zero-order chi connectivity index (χ0) is 19.0. The van der Waals surface area contributed by atoms with Crippen LogP contribution >= 0.6 is 0 Å². The number of nitrogens with one attached hydrogen (secondary N) is 2. The molecule has 1 aromatic rings. The quantitative estimate of drug-likeness (QED) is 0.617. The van der Waals surface area contributed by atoms with Gasteiger partial charge in [0.15, 0.2) is 6.61 Å². The van der Waals surface area contributed by atoms with Crippen LogP contribution in [0.25, 0.3) is 0 Å². The molecule has 0 spiro atoms. The first-order valence-electron chi connectivity index (χ1n) is 7.75. The molecular weight excluding hydrogens is 348 g/mol. The van der Waals surface area contributed by atoms with E-state index < -0.39 is 34.5 Å². The maximum Gasteiger partial charge on any atom is 0.324 e. The van der Waals surface area contributed by atoms with Gasteiger partial charge < -0.3 is 14.8 Å². The molecule has 1 atom stereocenters. The van der Waals surface area contributed by atoms with Crippen molar-refractivity contribution >= 4 is 21.9 Å². The van der Waals surface area contributed by atoms with E-state index in [1.807, 2.05) is 13.8 Å². The highest BCUT2D eigenvalue weighted by Crippen LogP contribution is 2.15. The third-order valence-corrected chi connectivity index (χ3v) is 4.66. The predicted molar refractivity (Wildman–Crippen MR) is 91.6 cm³/mol. The molecule has 25 heavy (non-hydrogen) atoms. The summed E-state index contributed by atoms with van der Waals surface area (Å²) in [5, 5.41) is 2.59. The Hall–Kier alpha value is -2.13. The highest BCUT2D eigenvalue weighted by atomic mass is 32.2. The van der Waals surface area contributed by atoms with Crippen LogP contribution in [-0.2, 0) is 24.3 Å². The summed E-state index contributed by atoms with van der Waals surface area (Å²) in [4.78, 5) is 23.3. The van der Waals surface area contributed by atoms with E-state index in [0.717, 1.165) is 0 Å². The van der Waals surface area contributed by atoms with Gasteiger partial charge in [-0.15, -0.1) is 0 Å². The minimum absolute atomic E-state index is 0.0115. The van der Waals surface area contributed by atoms with Crippen molar-refractivity contribution in [1.29, 1.82) is 0 Å². The van der Waals surface area contributed by atoms with Crippen molar-refractivity contribution in [2.24, 2.45) is 5.92 Å². The fraction of sp³-hybridized carbons (Fsp3) is 0.500. The highest BCUT2D eigenvalue weighted by Gasteiger charge is 2.23. The molecule has 9 heteroatoms. The van der Waals surface area contributed by atoms with Gasteiger partial charge in [0.25, 0.3) is 5.91 Å². The fourth-order valence-corrected chi connectivity index (χ4v) is 2.93. The molecule has 0 aromatic heterocycles. The summed E-state index contributed by atoms with van der Waals surface area (Å²) >= 11 is 0. The molecule has 0 heterocycles. The van der Waals surface area contributed by atoms with Crippen LogP contribution in [0.3, 0.4) is 0 Å². The molecule has 0 aliphatic carbocycles. The van der Waals surface area contributed by atoms with Crippen LogP contribution in [0.15, 0.2) is 29.2 Å². The number of benzene rings is 1. The van der Waals surface area contributed by atoms with Crippen molar-refractivity contribution in [3.63, 3.8) is 0 Å². The van der Waals surface area contributed by atoms with Gasteiger partial charge >= 0.3 is 5.97 Å². The van der Waals surface area contributed by atoms with Crippen LogP contribution in [0, 0.1) is 5.92 Å². The van der Waals surface area contributed by atoms with E-state index in [9.17, 15) is 18.0 Å². The van der Waals surface area contributed by atoms with Crippen LogP contribution in [-0.4, -0.2) is 46.6 Å². The summed E-state index contributed by atoms with van der Waals surface area (Å²) in [5.41, 5.74) is 0. The molecule has 0 radical (unpaired) electrons. The van der Waals surface area contributed by atoms with Crippen LogP contribution < -0.4 is 14.8 Å². The smallest absolute Gasteiger partial charge is 0.324 e. The molecule has 1 aromatic carbocycles. The molecule has 0 saturated carbocycles. The monoisotopic (exact) mass is 372 g/mol. The van der Waals surface area contributed by atoms with Gasteiger partial charge in [0.1, 0.15) is 11.8 Å². The van der Waals surface area contributed by atoms with E-state index in [2.05, 4.69) is 10.0 Å². The molecule has 0 aliphatic heterocycles. The lowest BCUT2D eigenvalue weighted by Gasteiger charge is -2.14. The Morgan fingerprint density at radius 1 is 1.12 bits per heavy atom. The Balaban J connectivity index is 2.56. The van der Waals surface area contributed by atoms with Crippen molar-refractivity contribution in [1.82, 2.24) is 10.0 Å². The van der Waals surface area contributed by atoms with Crippen LogP contribution in [0.4, 0.5) is 0 Å². The summed E-state index contributed by atoms with van der Waals surface area (Å²) in [6, 6.07) is 4.58. The molecule has 140 valence electrons. The van der Waals surface area contributed by atoms with Gasteiger partial charge in [0.2, 0.25) is 10.0 Å². The Bertz CT molecular complexity index is 685. The average Bonchev–Trinajstić information content (AvgIpc) is 2.57. The van der Waals surface area contributed by atoms with Gasteiger partial charge in [-0.05, 0) is 37.1 Å². The molecule has 1 rings (SSSR count). The lowest BCUT2D eigenvalue weighted by Crippen LogP contribution is -2.41. The molecule has 1 amide bonds. The minimum Gasteiger partial charge on any atom is -0.497 e. The van der Waals surface area contributed by atoms with Gasteiger partial charge in [-0.25, -0.2) is 8.42 Å². The molecule has 0 aliphatic rings. The summed E-state index contributed by atoms with van der Waals surface area (Å²) < 4.78 is 36.4. The summed E-state index contributed by atoms with van der Waals surface area (Å²) in [6.45, 7) is 5.22. The summed E-state index contributed by atoms with van der Waals surface area (Å²) in [6.07, 6.45) is 0. The van der Waals surface area contributed by atoms with Crippen LogP contribution in [0.1, 0.15) is 20.8 Å². The second-order valence-corrected chi connectivity index (χ2v) is 7.54. The van der Waals surface area contributed by atoms with E-state index in [1.165, 1.54) is 38.3 Å². The number of methoxy groups -OCH3 is 1. The van der Waals surface area contributed by atoms with E-state index in [1.54, 1.807) is 0 Å². The first kappa shape index (κ1) is 20.9. The normalized spacial score (nSPS) is 12.5. The van der Waals surface area contributed by atoms with Crippen molar-refractivity contribution < 1.29 is 27.5 Å². The van der Waals surface area contributed by atoms with Crippen LogP contribution in [0.5, 0.6) is 5.75 Å². The fourth-order valence-electron chi connectivity index (χ4n) is 1.73. The van der Waals surface area contributed by atoms with E-state index in [4.69, 9.17) is 9.47 Å².